The predicted octanol–water partition coefficient (Wildman–Crippen LogP) is 3.92. The van der Waals surface area contributed by atoms with Crippen molar-refractivity contribution in [3.8, 4) is 5.75 Å². The summed E-state index contributed by atoms with van der Waals surface area (Å²) >= 11 is 0. The van der Waals surface area contributed by atoms with Crippen LogP contribution in [0, 0.1) is 6.92 Å². The number of carbonyl (C=O) groups excluding carboxylic acids is 5. The molecule has 4 N–H and O–H groups in total. The van der Waals surface area contributed by atoms with E-state index in [0.29, 0.717) is 42.6 Å². The van der Waals surface area contributed by atoms with Crippen molar-refractivity contribution in [3.05, 3.63) is 94.9 Å². The monoisotopic (exact) mass is 634 g/mol. The highest BCUT2D eigenvalue weighted by atomic mass is 16.3. The van der Waals surface area contributed by atoms with Crippen molar-refractivity contribution in [1.82, 2.24) is 25.5 Å². The van der Waals surface area contributed by atoms with Gasteiger partial charge in [-0.2, -0.15) is 0 Å². The first-order valence-electron chi connectivity index (χ1n) is 15.6. The minimum Gasteiger partial charge on any atom is -0.505 e. The van der Waals surface area contributed by atoms with Crippen molar-refractivity contribution in [1.29, 1.82) is 0 Å². The lowest BCUT2D eigenvalue weighted by Gasteiger charge is -2.27. The fraction of sp³-hybridized carbons (Fsp3) is 0.286. The number of pyridine rings is 2. The number of imide groups is 2. The Hall–Kier alpha value is -5.65. The summed E-state index contributed by atoms with van der Waals surface area (Å²) in [4.78, 5) is 73.0. The van der Waals surface area contributed by atoms with Crippen LogP contribution in [0.4, 0.5) is 5.69 Å². The molecule has 6 rings (SSSR count). The van der Waals surface area contributed by atoms with Gasteiger partial charge in [-0.1, -0.05) is 24.6 Å². The molecule has 1 fully saturated rings. The molecule has 4 aromatic rings. The number of nitrogens with one attached hydrogen (secondary N) is 3. The van der Waals surface area contributed by atoms with Gasteiger partial charge in [0.05, 0.1) is 17.2 Å². The third-order valence-corrected chi connectivity index (χ3v) is 8.60. The lowest BCUT2D eigenvalue weighted by molar-refractivity contribution is -0.136. The van der Waals surface area contributed by atoms with Crippen LogP contribution in [0.3, 0.4) is 0 Å². The van der Waals surface area contributed by atoms with Gasteiger partial charge in [-0.05, 0) is 67.6 Å². The van der Waals surface area contributed by atoms with E-state index in [1.807, 2.05) is 31.2 Å². The molecule has 0 saturated carbocycles. The average Bonchev–Trinajstić information content (AvgIpc) is 3.33. The van der Waals surface area contributed by atoms with Crippen LogP contribution < -0.4 is 16.0 Å². The maximum absolute atomic E-state index is 13.3. The number of phenols is 1. The molecule has 12 nitrogen and oxygen atoms in total. The number of aryl methyl sites for hydroxylation is 1. The lowest BCUT2D eigenvalue weighted by Crippen LogP contribution is -2.54. The minimum absolute atomic E-state index is 0.0132. The molecule has 0 bridgehead atoms. The third kappa shape index (κ3) is 6.26. The second-order valence-electron chi connectivity index (χ2n) is 11.7. The van der Waals surface area contributed by atoms with Gasteiger partial charge >= 0.3 is 0 Å². The third-order valence-electron chi connectivity index (χ3n) is 8.60. The van der Waals surface area contributed by atoms with Gasteiger partial charge in [-0.25, -0.2) is 0 Å². The summed E-state index contributed by atoms with van der Waals surface area (Å²) in [5.41, 5.74) is 3.59. The minimum atomic E-state index is -1.03. The highest BCUT2D eigenvalue weighted by Crippen LogP contribution is 2.36. The first kappa shape index (κ1) is 31.3. The van der Waals surface area contributed by atoms with Crippen LogP contribution in [0.2, 0.25) is 0 Å². The number of nitrogens with zero attached hydrogens (tertiary/aromatic N) is 3. The van der Waals surface area contributed by atoms with Crippen LogP contribution >= 0.6 is 0 Å². The number of hydrogen-bond donors (Lipinski definition) is 4. The van der Waals surface area contributed by atoms with E-state index in [0.717, 1.165) is 21.4 Å². The molecule has 0 aliphatic carbocycles. The highest BCUT2D eigenvalue weighted by Gasteiger charge is 2.45. The van der Waals surface area contributed by atoms with Gasteiger partial charge in [0.2, 0.25) is 17.7 Å². The van der Waals surface area contributed by atoms with Gasteiger partial charge in [-0.3, -0.25) is 44.2 Å². The number of aromatic hydroxyl groups is 1. The second kappa shape index (κ2) is 13.4. The van der Waals surface area contributed by atoms with Crippen LogP contribution in [0.1, 0.15) is 82.0 Å². The number of benzene rings is 2. The molecule has 0 radical (unpaired) electrons. The standard InChI is InChI=1S/C35H34N6O6/c1-20-18-24(32(44)31-22(20)10-7-17-38-31)30(21-8-6-15-36-19-21)39-27(42)12-3-2-4-16-37-25-11-5-9-23-29(25)35(47)41(34(23)46)26-13-14-28(43)40-33(26)45/h5-11,15,17-19,26,30,37,44H,2-4,12-14,16H2,1H3,(H,39,42)(H,40,43,45). The van der Waals surface area contributed by atoms with Crippen molar-refractivity contribution >= 4 is 46.1 Å². The zero-order valence-electron chi connectivity index (χ0n) is 25.8. The fourth-order valence-corrected chi connectivity index (χ4v) is 6.24. The van der Waals surface area contributed by atoms with Gasteiger partial charge in [0.15, 0.2) is 0 Å². The summed E-state index contributed by atoms with van der Waals surface area (Å²) in [6.07, 6.45) is 7.35. The largest absolute Gasteiger partial charge is 0.505 e. The molecule has 2 unspecified atom stereocenters. The number of unbranched alkanes of at least 4 members (excludes halogenated alkanes) is 2. The SMILES string of the molecule is Cc1cc(C(NC(=O)CCCCCNc2cccc3c2C(=O)N(C2CCC(=O)NC2=O)C3=O)c2cccnc2)c(O)c2ncccc12. The Balaban J connectivity index is 1.05. The van der Waals surface area contributed by atoms with Crippen molar-refractivity contribution in [2.45, 2.75) is 57.5 Å². The maximum Gasteiger partial charge on any atom is 0.264 e. The van der Waals surface area contributed by atoms with E-state index in [4.69, 9.17) is 0 Å². The molecule has 0 spiro atoms. The molecule has 2 aliphatic rings. The number of phenolic OH excluding ortho intramolecular Hbond substituents is 1. The van der Waals surface area contributed by atoms with Gasteiger partial charge in [0, 0.05) is 54.6 Å². The van der Waals surface area contributed by atoms with E-state index in [2.05, 4.69) is 25.9 Å². The first-order chi connectivity index (χ1) is 22.7. The second-order valence-corrected chi connectivity index (χ2v) is 11.7. The Kier molecular flexibility index (Phi) is 8.92. The average molecular weight is 635 g/mol. The lowest BCUT2D eigenvalue weighted by atomic mass is 9.94. The summed E-state index contributed by atoms with van der Waals surface area (Å²) in [7, 11) is 0. The van der Waals surface area contributed by atoms with Gasteiger partial charge < -0.3 is 15.7 Å². The topological polar surface area (TPSA) is 171 Å². The molecule has 5 amide bonds. The summed E-state index contributed by atoms with van der Waals surface area (Å²) in [5.74, 6) is -2.36. The molecule has 240 valence electrons. The highest BCUT2D eigenvalue weighted by molar-refractivity contribution is 6.25. The Bertz CT molecular complexity index is 1890. The van der Waals surface area contributed by atoms with Crippen molar-refractivity contribution in [2.24, 2.45) is 0 Å². The quantitative estimate of drug-likeness (QED) is 0.141. The fourth-order valence-electron chi connectivity index (χ4n) is 6.24. The number of hydrogen-bond acceptors (Lipinski definition) is 9. The van der Waals surface area contributed by atoms with E-state index in [9.17, 15) is 29.1 Å². The Labute approximate surface area is 270 Å². The van der Waals surface area contributed by atoms with E-state index < -0.39 is 35.7 Å². The Morgan fingerprint density at radius 1 is 1.04 bits per heavy atom. The summed E-state index contributed by atoms with van der Waals surface area (Å²) in [6, 6.07) is 12.5. The van der Waals surface area contributed by atoms with Gasteiger partial charge in [0.25, 0.3) is 11.8 Å². The Morgan fingerprint density at radius 2 is 1.87 bits per heavy atom. The van der Waals surface area contributed by atoms with Crippen LogP contribution in [0.5, 0.6) is 5.75 Å². The number of anilines is 1. The molecule has 2 atom stereocenters. The number of aromatic nitrogens is 2. The molecule has 2 aromatic carbocycles. The normalized spacial score (nSPS) is 16.6. The number of piperidine rings is 1. The molecule has 12 heteroatoms. The van der Waals surface area contributed by atoms with Crippen LogP contribution in [-0.2, 0) is 14.4 Å². The predicted molar refractivity (Wildman–Crippen MR) is 172 cm³/mol. The Morgan fingerprint density at radius 3 is 2.66 bits per heavy atom. The number of amides is 5. The van der Waals surface area contributed by atoms with Gasteiger partial charge in [0.1, 0.15) is 17.3 Å². The van der Waals surface area contributed by atoms with E-state index in [-0.39, 0.29) is 42.0 Å². The van der Waals surface area contributed by atoms with Gasteiger partial charge in [-0.15, -0.1) is 0 Å². The van der Waals surface area contributed by atoms with Crippen molar-refractivity contribution in [3.63, 3.8) is 0 Å². The zero-order valence-corrected chi connectivity index (χ0v) is 25.8. The molecule has 4 heterocycles. The van der Waals surface area contributed by atoms with Crippen LogP contribution in [-0.4, -0.2) is 62.1 Å². The summed E-state index contributed by atoms with van der Waals surface area (Å²) in [5, 5.41) is 20.5. The van der Waals surface area contributed by atoms with E-state index in [1.54, 1.807) is 42.9 Å². The van der Waals surface area contributed by atoms with E-state index in [1.165, 1.54) is 0 Å². The maximum atomic E-state index is 13.3. The molecular formula is C35H34N6O6. The smallest absolute Gasteiger partial charge is 0.264 e. The molecule has 2 aliphatic heterocycles. The molecule has 47 heavy (non-hydrogen) atoms. The molecule has 1 saturated heterocycles. The van der Waals surface area contributed by atoms with Crippen LogP contribution in [0.25, 0.3) is 10.9 Å². The zero-order chi connectivity index (χ0) is 33.1. The summed E-state index contributed by atoms with van der Waals surface area (Å²) in [6.45, 7) is 2.43. The first-order valence-corrected chi connectivity index (χ1v) is 15.6. The van der Waals surface area contributed by atoms with Crippen molar-refractivity contribution in [2.75, 3.05) is 11.9 Å². The summed E-state index contributed by atoms with van der Waals surface area (Å²) < 4.78 is 0. The van der Waals surface area contributed by atoms with Crippen molar-refractivity contribution < 1.29 is 29.1 Å². The number of fused-ring (bicyclic) bond motifs is 2. The molecule has 2 aromatic heterocycles. The molecular weight excluding hydrogens is 600 g/mol. The van der Waals surface area contributed by atoms with Crippen LogP contribution in [0.15, 0.2) is 67.1 Å². The number of rotatable bonds is 11. The number of carbonyl (C=O) groups is 5. The van der Waals surface area contributed by atoms with E-state index >= 15 is 0 Å².